The van der Waals surface area contributed by atoms with E-state index in [2.05, 4.69) is 23.3 Å². The standard InChI is InChI=1S/C14H17ClN2.ClH/c1-9-7-14(16-8-9)17-13-6-5-12(15)10-3-2-4-11(10)13;/h5-6,9H,2-4,7-8H2,1H3,(H,16,17);1H. The molecule has 18 heavy (non-hydrogen) atoms. The summed E-state index contributed by atoms with van der Waals surface area (Å²) in [6.07, 6.45) is 4.54. The summed E-state index contributed by atoms with van der Waals surface area (Å²) in [4.78, 5) is 4.53. The molecule has 0 radical (unpaired) electrons. The molecule has 0 saturated heterocycles. The topological polar surface area (TPSA) is 24.4 Å². The summed E-state index contributed by atoms with van der Waals surface area (Å²) in [5.41, 5.74) is 3.96. The molecule has 1 aromatic rings. The molecule has 0 amide bonds. The van der Waals surface area contributed by atoms with Gasteiger partial charge in [0.15, 0.2) is 0 Å². The monoisotopic (exact) mass is 284 g/mol. The minimum absolute atomic E-state index is 0. The zero-order chi connectivity index (χ0) is 11.8. The summed E-state index contributed by atoms with van der Waals surface area (Å²) in [5.74, 6) is 1.81. The Morgan fingerprint density at radius 3 is 2.78 bits per heavy atom. The van der Waals surface area contributed by atoms with Crippen LogP contribution in [0, 0.1) is 5.92 Å². The maximum atomic E-state index is 6.22. The van der Waals surface area contributed by atoms with E-state index in [1.165, 1.54) is 23.2 Å². The molecule has 0 spiro atoms. The van der Waals surface area contributed by atoms with Crippen molar-refractivity contribution in [1.29, 1.82) is 0 Å². The molecule has 1 aromatic carbocycles. The van der Waals surface area contributed by atoms with E-state index in [0.29, 0.717) is 5.92 Å². The fourth-order valence-corrected chi connectivity index (χ4v) is 3.02. The van der Waals surface area contributed by atoms with E-state index >= 15 is 0 Å². The molecule has 3 rings (SSSR count). The number of halogens is 2. The molecule has 1 atom stereocenters. The van der Waals surface area contributed by atoms with Crippen LogP contribution in [-0.2, 0) is 12.8 Å². The van der Waals surface area contributed by atoms with Gasteiger partial charge in [-0.05, 0) is 48.4 Å². The Morgan fingerprint density at radius 2 is 2.06 bits per heavy atom. The first kappa shape index (κ1) is 13.7. The Morgan fingerprint density at radius 1 is 1.28 bits per heavy atom. The maximum absolute atomic E-state index is 6.22. The molecule has 1 aliphatic carbocycles. The van der Waals surface area contributed by atoms with Gasteiger partial charge in [-0.3, -0.25) is 4.99 Å². The van der Waals surface area contributed by atoms with Crippen LogP contribution in [0.2, 0.25) is 5.02 Å². The number of amidine groups is 1. The van der Waals surface area contributed by atoms with Gasteiger partial charge in [-0.2, -0.15) is 0 Å². The van der Waals surface area contributed by atoms with Crippen LogP contribution in [0.4, 0.5) is 5.69 Å². The van der Waals surface area contributed by atoms with Gasteiger partial charge in [0.1, 0.15) is 5.84 Å². The molecule has 1 unspecified atom stereocenters. The molecular formula is C14H18Cl2N2. The summed E-state index contributed by atoms with van der Waals surface area (Å²) in [5, 5.41) is 4.41. The lowest BCUT2D eigenvalue weighted by atomic mass is 10.1. The van der Waals surface area contributed by atoms with Gasteiger partial charge in [0.25, 0.3) is 0 Å². The number of hydrogen-bond acceptors (Lipinski definition) is 2. The average molecular weight is 285 g/mol. The van der Waals surface area contributed by atoms with Crippen molar-refractivity contribution in [2.75, 3.05) is 11.9 Å². The van der Waals surface area contributed by atoms with Crippen LogP contribution in [0.5, 0.6) is 0 Å². The lowest BCUT2D eigenvalue weighted by Crippen LogP contribution is -2.11. The first-order valence-corrected chi connectivity index (χ1v) is 6.72. The van der Waals surface area contributed by atoms with Crippen LogP contribution in [-0.4, -0.2) is 12.4 Å². The van der Waals surface area contributed by atoms with Gasteiger partial charge in [-0.25, -0.2) is 0 Å². The molecule has 2 aliphatic rings. The van der Waals surface area contributed by atoms with Gasteiger partial charge in [-0.15, -0.1) is 12.4 Å². The molecule has 0 bridgehead atoms. The van der Waals surface area contributed by atoms with E-state index < -0.39 is 0 Å². The quantitative estimate of drug-likeness (QED) is 0.825. The number of hydrogen-bond donors (Lipinski definition) is 1. The highest BCUT2D eigenvalue weighted by Gasteiger charge is 2.20. The highest BCUT2D eigenvalue weighted by Crippen LogP contribution is 2.34. The van der Waals surface area contributed by atoms with E-state index in [4.69, 9.17) is 11.6 Å². The van der Waals surface area contributed by atoms with Gasteiger partial charge < -0.3 is 5.32 Å². The van der Waals surface area contributed by atoms with E-state index in [0.717, 1.165) is 36.7 Å². The van der Waals surface area contributed by atoms with Crippen LogP contribution in [0.15, 0.2) is 17.1 Å². The maximum Gasteiger partial charge on any atom is 0.101 e. The van der Waals surface area contributed by atoms with Crippen LogP contribution in [0.1, 0.15) is 30.9 Å². The van der Waals surface area contributed by atoms with Crippen LogP contribution >= 0.6 is 24.0 Å². The van der Waals surface area contributed by atoms with Crippen molar-refractivity contribution in [3.8, 4) is 0 Å². The minimum Gasteiger partial charge on any atom is -0.344 e. The molecule has 0 fully saturated rings. The number of nitrogens with zero attached hydrogens (tertiary/aromatic N) is 1. The third-order valence-electron chi connectivity index (χ3n) is 3.64. The highest BCUT2D eigenvalue weighted by molar-refractivity contribution is 6.31. The second-order valence-electron chi connectivity index (χ2n) is 5.13. The predicted octanol–water partition coefficient (Wildman–Crippen LogP) is 4.10. The minimum atomic E-state index is 0. The molecule has 1 N–H and O–H groups in total. The third-order valence-corrected chi connectivity index (χ3v) is 4.00. The van der Waals surface area contributed by atoms with Crippen molar-refractivity contribution in [1.82, 2.24) is 0 Å². The number of nitrogens with one attached hydrogen (secondary N) is 1. The Balaban J connectivity index is 0.00000120. The molecule has 0 saturated carbocycles. The van der Waals surface area contributed by atoms with Gasteiger partial charge in [0.05, 0.1) is 0 Å². The average Bonchev–Trinajstić information content (AvgIpc) is 2.92. The Bertz CT molecular complexity index is 483. The van der Waals surface area contributed by atoms with Gasteiger partial charge in [0.2, 0.25) is 0 Å². The second-order valence-corrected chi connectivity index (χ2v) is 5.53. The summed E-state index contributed by atoms with van der Waals surface area (Å²) in [6, 6.07) is 4.10. The number of aliphatic imine (C=N–C) groups is 1. The summed E-state index contributed by atoms with van der Waals surface area (Å²) in [7, 11) is 0. The van der Waals surface area contributed by atoms with E-state index in [1.54, 1.807) is 0 Å². The molecule has 4 heteroatoms. The van der Waals surface area contributed by atoms with E-state index in [1.807, 2.05) is 6.07 Å². The summed E-state index contributed by atoms with van der Waals surface area (Å²) in [6.45, 7) is 3.20. The van der Waals surface area contributed by atoms with Crippen molar-refractivity contribution in [2.24, 2.45) is 10.9 Å². The predicted molar refractivity (Wildman–Crippen MR) is 80.4 cm³/mol. The van der Waals surface area contributed by atoms with E-state index in [-0.39, 0.29) is 12.4 Å². The van der Waals surface area contributed by atoms with Crippen molar-refractivity contribution in [2.45, 2.75) is 32.6 Å². The molecule has 1 aliphatic heterocycles. The fraction of sp³-hybridized carbons (Fsp3) is 0.500. The smallest absolute Gasteiger partial charge is 0.101 e. The second kappa shape index (κ2) is 5.50. The number of rotatable bonds is 1. The summed E-state index contributed by atoms with van der Waals surface area (Å²) >= 11 is 6.22. The number of fused-ring (bicyclic) bond motifs is 1. The zero-order valence-electron chi connectivity index (χ0n) is 10.5. The first-order chi connectivity index (χ1) is 8.24. The zero-order valence-corrected chi connectivity index (χ0v) is 12.1. The van der Waals surface area contributed by atoms with Crippen LogP contribution in [0.25, 0.3) is 0 Å². The normalized spacial score (nSPS) is 21.2. The fourth-order valence-electron chi connectivity index (χ4n) is 2.75. The highest BCUT2D eigenvalue weighted by atomic mass is 35.5. The molecule has 0 aromatic heterocycles. The third kappa shape index (κ3) is 2.50. The molecule has 98 valence electrons. The van der Waals surface area contributed by atoms with Crippen molar-refractivity contribution < 1.29 is 0 Å². The lowest BCUT2D eigenvalue weighted by molar-refractivity contribution is 0.664. The molecular weight excluding hydrogens is 267 g/mol. The van der Waals surface area contributed by atoms with Crippen LogP contribution < -0.4 is 5.32 Å². The van der Waals surface area contributed by atoms with Gasteiger partial charge in [-0.1, -0.05) is 18.5 Å². The van der Waals surface area contributed by atoms with Gasteiger partial charge in [0, 0.05) is 23.7 Å². The largest absolute Gasteiger partial charge is 0.344 e. The SMILES string of the molecule is CC1CN=C(Nc2ccc(Cl)c3c2CCC3)C1.Cl. The lowest BCUT2D eigenvalue weighted by Gasteiger charge is -2.12. The van der Waals surface area contributed by atoms with Crippen molar-refractivity contribution >= 4 is 35.5 Å². The molecule has 1 heterocycles. The molecule has 2 nitrogen and oxygen atoms in total. The Labute approximate surface area is 119 Å². The van der Waals surface area contributed by atoms with Crippen molar-refractivity contribution in [3.63, 3.8) is 0 Å². The Hall–Kier alpha value is -0.730. The van der Waals surface area contributed by atoms with Gasteiger partial charge >= 0.3 is 0 Å². The van der Waals surface area contributed by atoms with E-state index in [9.17, 15) is 0 Å². The van der Waals surface area contributed by atoms with Crippen molar-refractivity contribution in [3.05, 3.63) is 28.3 Å². The Kier molecular flexibility index (Phi) is 4.18. The number of anilines is 1. The first-order valence-electron chi connectivity index (χ1n) is 6.34. The summed E-state index contributed by atoms with van der Waals surface area (Å²) < 4.78 is 0. The van der Waals surface area contributed by atoms with Crippen LogP contribution in [0.3, 0.4) is 0 Å². The number of benzene rings is 1.